The van der Waals surface area contributed by atoms with Crippen LogP contribution in [0.5, 0.6) is 0 Å². The molecule has 3 N–H and O–H groups in total. The van der Waals surface area contributed by atoms with Crippen LogP contribution in [-0.2, 0) is 6.54 Å². The lowest BCUT2D eigenvalue weighted by molar-refractivity contribution is 0.197. The highest BCUT2D eigenvalue weighted by molar-refractivity contribution is 5.68. The zero-order valence-electron chi connectivity index (χ0n) is 13.6. The van der Waals surface area contributed by atoms with Crippen molar-refractivity contribution >= 4 is 6.09 Å². The van der Waals surface area contributed by atoms with Crippen LogP contribution in [0.2, 0.25) is 0 Å². The smallest absolute Gasteiger partial charge is 0.408 e. The third-order valence-electron chi connectivity index (χ3n) is 4.12. The lowest BCUT2D eigenvalue weighted by atomic mass is 9.90. The van der Waals surface area contributed by atoms with Gasteiger partial charge in [0.1, 0.15) is 5.82 Å². The molecule has 1 aromatic rings. The summed E-state index contributed by atoms with van der Waals surface area (Å²) < 4.78 is 13.0. The number of amides is 1. The SMILES string of the molecule is CCC1=C(NCc2ccc(F)cc2)C(CC)=C(NC(=O)O)CC1. The molecule has 0 aromatic heterocycles. The predicted molar refractivity (Wildman–Crippen MR) is 88.3 cm³/mol. The number of nitrogens with one attached hydrogen (secondary N) is 2. The molecular formula is C18H23FN2O2. The Morgan fingerprint density at radius 1 is 1.17 bits per heavy atom. The zero-order valence-corrected chi connectivity index (χ0v) is 13.6. The number of halogens is 1. The van der Waals surface area contributed by atoms with E-state index in [0.717, 1.165) is 48.2 Å². The summed E-state index contributed by atoms with van der Waals surface area (Å²) in [6, 6.07) is 6.40. The molecule has 0 atom stereocenters. The standard InChI is InChI=1S/C18H23FN2O2/c1-3-13-7-10-16(21-18(22)23)15(4-2)17(13)20-11-12-5-8-14(19)9-6-12/h5-6,8-9,20-21H,3-4,7,10-11H2,1-2H3,(H,22,23). The molecule has 0 saturated heterocycles. The fraction of sp³-hybridized carbons (Fsp3) is 0.389. The highest BCUT2D eigenvalue weighted by Crippen LogP contribution is 2.31. The van der Waals surface area contributed by atoms with Gasteiger partial charge in [0.15, 0.2) is 0 Å². The quantitative estimate of drug-likeness (QED) is 0.732. The highest BCUT2D eigenvalue weighted by atomic mass is 19.1. The van der Waals surface area contributed by atoms with Gasteiger partial charge in [-0.05, 0) is 54.5 Å². The lowest BCUT2D eigenvalue weighted by Crippen LogP contribution is -2.28. The van der Waals surface area contributed by atoms with Crippen molar-refractivity contribution in [2.24, 2.45) is 0 Å². The van der Waals surface area contributed by atoms with Gasteiger partial charge in [-0.15, -0.1) is 0 Å². The van der Waals surface area contributed by atoms with Crippen LogP contribution in [0.3, 0.4) is 0 Å². The first-order chi connectivity index (χ1) is 11.0. The minimum atomic E-state index is -1.02. The van der Waals surface area contributed by atoms with E-state index in [4.69, 9.17) is 5.11 Å². The van der Waals surface area contributed by atoms with Crippen LogP contribution < -0.4 is 10.6 Å². The summed E-state index contributed by atoms with van der Waals surface area (Å²) in [7, 11) is 0. The summed E-state index contributed by atoms with van der Waals surface area (Å²) in [5.74, 6) is -0.248. The molecule has 0 saturated carbocycles. The van der Waals surface area contributed by atoms with Gasteiger partial charge in [0.05, 0.1) is 0 Å². The first-order valence-corrected chi connectivity index (χ1v) is 7.97. The van der Waals surface area contributed by atoms with Gasteiger partial charge >= 0.3 is 6.09 Å². The largest absolute Gasteiger partial charge is 0.465 e. The van der Waals surface area contributed by atoms with E-state index >= 15 is 0 Å². The van der Waals surface area contributed by atoms with Crippen molar-refractivity contribution < 1.29 is 14.3 Å². The van der Waals surface area contributed by atoms with Gasteiger partial charge in [0.25, 0.3) is 0 Å². The van der Waals surface area contributed by atoms with E-state index < -0.39 is 6.09 Å². The summed E-state index contributed by atoms with van der Waals surface area (Å²) in [6.45, 7) is 4.72. The summed E-state index contributed by atoms with van der Waals surface area (Å²) in [5.41, 5.74) is 5.13. The molecular weight excluding hydrogens is 295 g/mol. The molecule has 0 aliphatic heterocycles. The van der Waals surface area contributed by atoms with Gasteiger partial charge in [-0.2, -0.15) is 0 Å². The van der Waals surface area contributed by atoms with Gasteiger partial charge in [0, 0.05) is 17.9 Å². The molecule has 1 amide bonds. The van der Waals surface area contributed by atoms with Gasteiger partial charge < -0.3 is 10.4 Å². The minimum absolute atomic E-state index is 0.248. The van der Waals surface area contributed by atoms with Gasteiger partial charge in [0.2, 0.25) is 0 Å². The first-order valence-electron chi connectivity index (χ1n) is 7.97. The Kier molecular flexibility index (Phi) is 5.79. The van der Waals surface area contributed by atoms with E-state index in [1.165, 1.54) is 17.7 Å². The molecule has 0 unspecified atom stereocenters. The topological polar surface area (TPSA) is 61.4 Å². The average Bonchev–Trinajstić information content (AvgIpc) is 2.53. The Hall–Kier alpha value is -2.30. The molecule has 1 aliphatic carbocycles. The molecule has 4 nitrogen and oxygen atoms in total. The van der Waals surface area contributed by atoms with Crippen LogP contribution >= 0.6 is 0 Å². The number of carbonyl (C=O) groups is 1. The number of carboxylic acid groups (broad SMARTS) is 1. The number of hydrogen-bond donors (Lipinski definition) is 3. The van der Waals surface area contributed by atoms with Gasteiger partial charge in [-0.3, -0.25) is 5.32 Å². The third kappa shape index (κ3) is 4.34. The Morgan fingerprint density at radius 3 is 2.43 bits per heavy atom. The number of hydrogen-bond acceptors (Lipinski definition) is 2. The van der Waals surface area contributed by atoms with Crippen LogP contribution in [0.25, 0.3) is 0 Å². The molecule has 0 bridgehead atoms. The Labute approximate surface area is 136 Å². The van der Waals surface area contributed by atoms with Crippen molar-refractivity contribution in [1.82, 2.24) is 10.6 Å². The van der Waals surface area contributed by atoms with Crippen molar-refractivity contribution in [3.05, 3.63) is 58.2 Å². The lowest BCUT2D eigenvalue weighted by Gasteiger charge is -2.26. The third-order valence-corrected chi connectivity index (χ3v) is 4.12. The summed E-state index contributed by atoms with van der Waals surface area (Å²) in [5, 5.41) is 15.0. The Bertz CT molecular complexity index is 633. The fourth-order valence-corrected chi connectivity index (χ4v) is 2.95. The van der Waals surface area contributed by atoms with Gasteiger partial charge in [-0.1, -0.05) is 26.0 Å². The van der Waals surface area contributed by atoms with E-state index in [-0.39, 0.29) is 5.82 Å². The van der Waals surface area contributed by atoms with Crippen molar-refractivity contribution in [1.29, 1.82) is 0 Å². The maximum Gasteiger partial charge on any atom is 0.408 e. The summed E-state index contributed by atoms with van der Waals surface area (Å²) in [6.07, 6.45) is 2.23. The number of benzene rings is 1. The maximum atomic E-state index is 13.0. The number of rotatable bonds is 6. The molecule has 0 radical (unpaired) electrons. The van der Waals surface area contributed by atoms with Crippen LogP contribution in [0.15, 0.2) is 46.8 Å². The molecule has 5 heteroatoms. The Morgan fingerprint density at radius 2 is 1.87 bits per heavy atom. The molecule has 2 rings (SSSR count). The van der Waals surface area contributed by atoms with Gasteiger partial charge in [-0.25, -0.2) is 9.18 Å². The van der Waals surface area contributed by atoms with E-state index in [9.17, 15) is 9.18 Å². The molecule has 1 aliphatic rings. The van der Waals surface area contributed by atoms with E-state index in [1.807, 2.05) is 6.92 Å². The zero-order chi connectivity index (χ0) is 16.8. The maximum absolute atomic E-state index is 13.0. The second kappa shape index (κ2) is 7.81. The summed E-state index contributed by atoms with van der Waals surface area (Å²) >= 11 is 0. The van der Waals surface area contributed by atoms with Crippen LogP contribution in [0.1, 0.15) is 45.1 Å². The van der Waals surface area contributed by atoms with E-state index in [0.29, 0.717) is 6.54 Å². The van der Waals surface area contributed by atoms with Crippen molar-refractivity contribution in [3.8, 4) is 0 Å². The minimum Gasteiger partial charge on any atom is -0.465 e. The summed E-state index contributed by atoms with van der Waals surface area (Å²) in [4.78, 5) is 11.0. The fourth-order valence-electron chi connectivity index (χ4n) is 2.95. The van der Waals surface area contributed by atoms with E-state index in [1.54, 1.807) is 12.1 Å². The molecule has 1 aromatic carbocycles. The monoisotopic (exact) mass is 318 g/mol. The Balaban J connectivity index is 2.23. The van der Waals surface area contributed by atoms with Crippen LogP contribution in [0, 0.1) is 5.82 Å². The van der Waals surface area contributed by atoms with Crippen molar-refractivity contribution in [2.45, 2.75) is 46.1 Å². The van der Waals surface area contributed by atoms with Crippen molar-refractivity contribution in [2.75, 3.05) is 0 Å². The van der Waals surface area contributed by atoms with Crippen LogP contribution in [0.4, 0.5) is 9.18 Å². The second-order valence-electron chi connectivity index (χ2n) is 5.55. The van der Waals surface area contributed by atoms with Crippen molar-refractivity contribution in [3.63, 3.8) is 0 Å². The van der Waals surface area contributed by atoms with E-state index in [2.05, 4.69) is 17.6 Å². The molecule has 23 heavy (non-hydrogen) atoms. The molecule has 0 fully saturated rings. The average molecular weight is 318 g/mol. The first kappa shape index (κ1) is 17.1. The number of allylic oxidation sites excluding steroid dienone is 3. The molecule has 124 valence electrons. The van der Waals surface area contributed by atoms with Crippen LogP contribution in [-0.4, -0.2) is 11.2 Å². The molecule has 0 spiro atoms. The highest BCUT2D eigenvalue weighted by Gasteiger charge is 2.20. The predicted octanol–water partition coefficient (Wildman–Crippen LogP) is 4.30. The second-order valence-corrected chi connectivity index (χ2v) is 5.55. The normalized spacial score (nSPS) is 14.9. The molecule has 0 heterocycles.